The summed E-state index contributed by atoms with van der Waals surface area (Å²) in [6, 6.07) is 32.4. The van der Waals surface area contributed by atoms with Crippen LogP contribution in [0.3, 0.4) is 0 Å². The van der Waals surface area contributed by atoms with Crippen LogP contribution in [0, 0.1) is 0 Å². The monoisotopic (exact) mass is 730 g/mol. The molecule has 54 heavy (non-hydrogen) atoms. The zero-order valence-electron chi connectivity index (χ0n) is 30.5. The van der Waals surface area contributed by atoms with Crippen LogP contribution in [-0.2, 0) is 38.6 Å². The molecule has 0 bridgehead atoms. The molecule has 6 rings (SSSR count). The Morgan fingerprint density at radius 2 is 1.56 bits per heavy atom. The number of amides is 2. The molecule has 0 spiro atoms. The molecule has 2 amide bonds. The number of hydrogen-bond donors (Lipinski definition) is 2. The number of nitrogens with one attached hydrogen (secondary N) is 2. The number of carbonyl (C=O) groups excluding carboxylic acids is 4. The van der Waals surface area contributed by atoms with Crippen molar-refractivity contribution in [3.8, 4) is 0 Å². The Labute approximate surface area is 312 Å². The molecule has 2 N–H and O–H groups in total. The highest BCUT2D eigenvalue weighted by atomic mass is 16.7. The van der Waals surface area contributed by atoms with Crippen molar-refractivity contribution < 1.29 is 37.8 Å². The lowest BCUT2D eigenvalue weighted by molar-refractivity contribution is -0.127. The Morgan fingerprint density at radius 3 is 2.30 bits per heavy atom. The third-order valence-electron chi connectivity index (χ3n) is 8.94. The van der Waals surface area contributed by atoms with E-state index in [1.54, 1.807) is 55.6 Å². The molecule has 0 aliphatic carbocycles. The predicted molar refractivity (Wildman–Crippen MR) is 203 cm³/mol. The van der Waals surface area contributed by atoms with Gasteiger partial charge in [0.1, 0.15) is 16.9 Å². The summed E-state index contributed by atoms with van der Waals surface area (Å²) < 4.78 is 23.2. The highest BCUT2D eigenvalue weighted by Gasteiger charge is 2.38. The minimum Gasteiger partial charge on any atom is -0.457 e. The maximum Gasteiger partial charge on any atom is 0.421 e. The van der Waals surface area contributed by atoms with E-state index in [-0.39, 0.29) is 19.1 Å². The van der Waals surface area contributed by atoms with Gasteiger partial charge in [-0.3, -0.25) is 9.36 Å². The maximum absolute atomic E-state index is 14.1. The summed E-state index contributed by atoms with van der Waals surface area (Å²) in [5.41, 5.74) is 2.41. The zero-order valence-corrected chi connectivity index (χ0v) is 30.5. The summed E-state index contributed by atoms with van der Waals surface area (Å²) in [7, 11) is 3.91. The quantitative estimate of drug-likeness (QED) is 0.0922. The molecular weight excluding hydrogens is 688 g/mol. The van der Waals surface area contributed by atoms with Crippen LogP contribution in [0.2, 0.25) is 0 Å². The van der Waals surface area contributed by atoms with Crippen molar-refractivity contribution in [2.24, 2.45) is 0 Å². The van der Waals surface area contributed by atoms with Crippen LogP contribution >= 0.6 is 0 Å². The van der Waals surface area contributed by atoms with Gasteiger partial charge in [-0.1, -0.05) is 78.9 Å². The van der Waals surface area contributed by atoms with Gasteiger partial charge < -0.3 is 34.2 Å². The third kappa shape index (κ3) is 8.96. The van der Waals surface area contributed by atoms with Gasteiger partial charge in [-0.25, -0.2) is 14.4 Å². The van der Waals surface area contributed by atoms with Crippen molar-refractivity contribution in [2.75, 3.05) is 20.9 Å². The molecule has 4 aromatic carbocycles. The van der Waals surface area contributed by atoms with E-state index in [0.717, 1.165) is 23.1 Å². The predicted octanol–water partition coefficient (Wildman–Crippen LogP) is 7.35. The van der Waals surface area contributed by atoms with Gasteiger partial charge >= 0.3 is 18.2 Å². The van der Waals surface area contributed by atoms with Gasteiger partial charge in [0.05, 0.1) is 17.1 Å². The summed E-state index contributed by atoms with van der Waals surface area (Å²) in [4.78, 5) is 55.4. The fourth-order valence-corrected chi connectivity index (χ4v) is 6.19. The van der Waals surface area contributed by atoms with E-state index in [1.807, 2.05) is 92.6 Å². The molecule has 0 aliphatic rings. The van der Waals surface area contributed by atoms with Gasteiger partial charge in [0.25, 0.3) is 0 Å². The molecule has 6 aromatic rings. The molecule has 2 aromatic heterocycles. The van der Waals surface area contributed by atoms with E-state index >= 15 is 0 Å². The summed E-state index contributed by atoms with van der Waals surface area (Å²) >= 11 is 0. The first kappa shape index (κ1) is 37.4. The third-order valence-corrected chi connectivity index (χ3v) is 8.94. The smallest absolute Gasteiger partial charge is 0.421 e. The van der Waals surface area contributed by atoms with Crippen LogP contribution in [0.25, 0.3) is 21.9 Å². The highest BCUT2D eigenvalue weighted by molar-refractivity contribution is 5.95. The Morgan fingerprint density at radius 1 is 0.852 bits per heavy atom. The van der Waals surface area contributed by atoms with Crippen molar-refractivity contribution in [3.63, 3.8) is 0 Å². The molecule has 0 saturated carbocycles. The number of furan rings is 1. The molecule has 12 nitrogen and oxygen atoms in total. The number of alkyl carbamates (subject to hydrolysis) is 1. The lowest BCUT2D eigenvalue weighted by atomic mass is 9.91. The fourth-order valence-electron chi connectivity index (χ4n) is 6.19. The SMILES string of the molecule is CC(NC(=O)C(C)(Cc1cn(C(=O)OCOC(=O)c2ccc(CN(C)C)cc2)c2ccccc12)NC(=O)OCc1cc2ccccc2o1)c1ccccc1. The van der Waals surface area contributed by atoms with Crippen molar-refractivity contribution in [2.45, 2.75) is 45.0 Å². The van der Waals surface area contributed by atoms with Crippen molar-refractivity contribution in [3.05, 3.63) is 143 Å². The molecule has 2 heterocycles. The molecule has 2 unspecified atom stereocenters. The summed E-state index contributed by atoms with van der Waals surface area (Å²) in [5.74, 6) is -0.664. The molecular formula is C42H42N4O8. The number of esters is 1. The average molecular weight is 731 g/mol. The van der Waals surface area contributed by atoms with Gasteiger partial charge in [0, 0.05) is 29.9 Å². The first-order valence-electron chi connectivity index (χ1n) is 17.4. The number of nitrogens with zero attached hydrogens (tertiary/aromatic N) is 2. The van der Waals surface area contributed by atoms with Crippen LogP contribution in [-0.4, -0.2) is 60.0 Å². The van der Waals surface area contributed by atoms with Crippen LogP contribution in [0.1, 0.15) is 52.7 Å². The summed E-state index contributed by atoms with van der Waals surface area (Å²) in [5, 5.41) is 7.32. The Balaban J connectivity index is 1.18. The zero-order chi connectivity index (χ0) is 38.2. The Kier molecular flexibility index (Phi) is 11.4. The van der Waals surface area contributed by atoms with E-state index in [1.165, 1.54) is 4.57 Å². The lowest BCUT2D eigenvalue weighted by Crippen LogP contribution is -2.58. The lowest BCUT2D eigenvalue weighted by Gasteiger charge is -2.30. The summed E-state index contributed by atoms with van der Waals surface area (Å²) in [6.07, 6.45) is -0.114. The number of benzene rings is 4. The second-order valence-electron chi connectivity index (χ2n) is 13.5. The van der Waals surface area contributed by atoms with E-state index < -0.39 is 36.4 Å². The largest absolute Gasteiger partial charge is 0.457 e. The molecule has 0 radical (unpaired) electrons. The first-order chi connectivity index (χ1) is 26.0. The molecule has 278 valence electrons. The average Bonchev–Trinajstić information content (AvgIpc) is 3.75. The normalized spacial score (nSPS) is 12.9. The standard InChI is InChI=1S/C42H42N4O8/c1-28(30-12-6-5-7-13-30)43-39(48)42(2,44-40(49)51-26-34-22-32-14-8-11-17-37(32)54-34)23-33-25-46(36-16-10-9-15-35(33)36)41(50)53-27-52-38(47)31-20-18-29(19-21-31)24-45(3)4/h5-22,25,28H,23-24,26-27H2,1-4H3,(H,43,48)(H,44,49). The molecule has 0 aliphatic heterocycles. The minimum atomic E-state index is -1.55. The first-order valence-corrected chi connectivity index (χ1v) is 17.4. The Bertz CT molecular complexity index is 2230. The van der Waals surface area contributed by atoms with Crippen molar-refractivity contribution >= 4 is 45.9 Å². The molecule has 2 atom stereocenters. The number of fused-ring (bicyclic) bond motifs is 2. The van der Waals surface area contributed by atoms with Crippen LogP contribution in [0.4, 0.5) is 9.59 Å². The van der Waals surface area contributed by atoms with Gasteiger partial charge in [-0.2, -0.15) is 0 Å². The number of para-hydroxylation sites is 2. The molecule has 12 heteroatoms. The molecule has 0 saturated heterocycles. The number of ether oxygens (including phenoxy) is 3. The number of aromatic nitrogens is 1. The van der Waals surface area contributed by atoms with Crippen molar-refractivity contribution in [1.82, 2.24) is 20.1 Å². The van der Waals surface area contributed by atoms with Crippen LogP contribution in [0.5, 0.6) is 0 Å². The molecule has 0 fully saturated rings. The van der Waals surface area contributed by atoms with Gasteiger partial charge in [-0.15, -0.1) is 0 Å². The fraction of sp³-hybridized carbons (Fsp3) is 0.238. The van der Waals surface area contributed by atoms with Gasteiger partial charge in [-0.05, 0) is 75.0 Å². The number of rotatable bonds is 13. The Hall–Kier alpha value is -6.40. The van der Waals surface area contributed by atoms with Crippen LogP contribution < -0.4 is 10.6 Å². The van der Waals surface area contributed by atoms with E-state index in [0.29, 0.717) is 33.4 Å². The van der Waals surface area contributed by atoms with E-state index in [2.05, 4.69) is 10.6 Å². The minimum absolute atomic E-state index is 0.0281. The maximum atomic E-state index is 14.1. The van der Waals surface area contributed by atoms with Gasteiger partial charge in [0.2, 0.25) is 12.7 Å². The van der Waals surface area contributed by atoms with E-state index in [4.69, 9.17) is 18.6 Å². The topological polar surface area (TPSA) is 141 Å². The highest BCUT2D eigenvalue weighted by Crippen LogP contribution is 2.27. The van der Waals surface area contributed by atoms with Crippen molar-refractivity contribution in [1.29, 1.82) is 0 Å². The van der Waals surface area contributed by atoms with E-state index in [9.17, 15) is 19.2 Å². The number of hydrogen-bond acceptors (Lipinski definition) is 9. The second-order valence-corrected chi connectivity index (χ2v) is 13.5. The second kappa shape index (κ2) is 16.5. The number of carbonyl (C=O) groups is 4. The summed E-state index contributed by atoms with van der Waals surface area (Å²) in [6.45, 7) is 3.40. The van der Waals surface area contributed by atoms with Crippen LogP contribution in [0.15, 0.2) is 120 Å². The van der Waals surface area contributed by atoms with Gasteiger partial charge in [0.15, 0.2) is 6.61 Å².